The lowest BCUT2D eigenvalue weighted by Gasteiger charge is -2.36. The zero-order chi connectivity index (χ0) is 19.6. The van der Waals surface area contributed by atoms with Crippen molar-refractivity contribution in [2.45, 2.75) is 18.8 Å². The molecule has 0 bridgehead atoms. The van der Waals surface area contributed by atoms with Gasteiger partial charge < -0.3 is 9.64 Å². The first-order valence-corrected chi connectivity index (χ1v) is 10.7. The number of rotatable bonds is 5. The fourth-order valence-corrected chi connectivity index (χ4v) is 4.80. The Bertz CT molecular complexity index is 979. The first-order chi connectivity index (χ1) is 14.3. The van der Waals surface area contributed by atoms with Gasteiger partial charge in [-0.3, -0.25) is 4.90 Å². The standard InChI is InChI=1S/C26H28N2O/c1-27-24-12-6-5-11-22(24)26(20-9-3-2-4-10-20)23-19-21(13-14-25(23)27)29-18-17-28-15-7-8-16-28/h2-6,9-14,19,26H,7-8,15-18H2,1H3. The molecule has 1 atom stereocenters. The van der Waals surface area contributed by atoms with Gasteiger partial charge in [-0.2, -0.15) is 0 Å². The summed E-state index contributed by atoms with van der Waals surface area (Å²) in [4.78, 5) is 4.80. The summed E-state index contributed by atoms with van der Waals surface area (Å²) in [5.74, 6) is 1.19. The molecule has 148 valence electrons. The molecule has 3 nitrogen and oxygen atoms in total. The molecule has 0 radical (unpaired) electrons. The van der Waals surface area contributed by atoms with E-state index in [1.165, 1.54) is 54.0 Å². The smallest absolute Gasteiger partial charge is 0.119 e. The van der Waals surface area contributed by atoms with Crippen molar-refractivity contribution in [2.24, 2.45) is 0 Å². The van der Waals surface area contributed by atoms with Gasteiger partial charge in [-0.25, -0.2) is 0 Å². The van der Waals surface area contributed by atoms with Gasteiger partial charge in [0, 0.05) is 30.9 Å². The highest BCUT2D eigenvalue weighted by Crippen LogP contribution is 2.48. The number of fused-ring (bicyclic) bond motifs is 2. The molecule has 0 aliphatic carbocycles. The number of hydrogen-bond acceptors (Lipinski definition) is 3. The zero-order valence-electron chi connectivity index (χ0n) is 17.1. The minimum Gasteiger partial charge on any atom is -0.492 e. The number of anilines is 2. The number of ether oxygens (including phenoxy) is 1. The van der Waals surface area contributed by atoms with Crippen LogP contribution in [-0.2, 0) is 0 Å². The molecule has 0 spiro atoms. The SMILES string of the molecule is CN1c2ccccc2C(c2ccccc2)c2cc(OCCN3CCCC3)ccc21. The molecule has 3 aromatic rings. The Morgan fingerprint density at radius 2 is 1.55 bits per heavy atom. The summed E-state index contributed by atoms with van der Waals surface area (Å²) in [6, 6.07) is 26.1. The normalized spacial score (nSPS) is 18.4. The third-order valence-corrected chi connectivity index (χ3v) is 6.29. The van der Waals surface area contributed by atoms with E-state index in [4.69, 9.17) is 4.74 Å². The number of hydrogen-bond donors (Lipinski definition) is 0. The van der Waals surface area contributed by atoms with Gasteiger partial charge in [0.2, 0.25) is 0 Å². The van der Waals surface area contributed by atoms with Gasteiger partial charge in [-0.15, -0.1) is 0 Å². The van der Waals surface area contributed by atoms with Crippen molar-refractivity contribution in [1.29, 1.82) is 0 Å². The Kier molecular flexibility index (Phi) is 4.99. The number of para-hydroxylation sites is 1. The quantitative estimate of drug-likeness (QED) is 0.584. The van der Waals surface area contributed by atoms with Gasteiger partial charge in [-0.1, -0.05) is 48.5 Å². The van der Waals surface area contributed by atoms with Crippen molar-refractivity contribution in [3.63, 3.8) is 0 Å². The highest BCUT2D eigenvalue weighted by Gasteiger charge is 2.30. The van der Waals surface area contributed by atoms with Gasteiger partial charge in [0.1, 0.15) is 12.4 Å². The molecule has 0 N–H and O–H groups in total. The molecule has 1 saturated heterocycles. The highest BCUT2D eigenvalue weighted by molar-refractivity contribution is 5.78. The maximum Gasteiger partial charge on any atom is 0.119 e. The van der Waals surface area contributed by atoms with E-state index >= 15 is 0 Å². The monoisotopic (exact) mass is 384 g/mol. The molecule has 0 amide bonds. The van der Waals surface area contributed by atoms with Crippen molar-refractivity contribution in [3.8, 4) is 5.75 Å². The van der Waals surface area contributed by atoms with Crippen LogP contribution in [0.25, 0.3) is 0 Å². The summed E-state index contributed by atoms with van der Waals surface area (Å²) in [5, 5.41) is 0. The Morgan fingerprint density at radius 1 is 0.828 bits per heavy atom. The molecule has 5 rings (SSSR count). The first-order valence-electron chi connectivity index (χ1n) is 10.7. The predicted molar refractivity (Wildman–Crippen MR) is 120 cm³/mol. The van der Waals surface area contributed by atoms with E-state index in [2.05, 4.69) is 89.6 Å². The van der Waals surface area contributed by atoms with Crippen LogP contribution in [-0.4, -0.2) is 38.2 Å². The minimum absolute atomic E-state index is 0.223. The molecule has 3 heteroatoms. The summed E-state index contributed by atoms with van der Waals surface area (Å²) in [6.07, 6.45) is 2.65. The average molecular weight is 385 g/mol. The molecular formula is C26H28N2O. The summed E-state index contributed by atoms with van der Waals surface area (Å²) >= 11 is 0. The van der Waals surface area contributed by atoms with Crippen LogP contribution >= 0.6 is 0 Å². The molecular weight excluding hydrogens is 356 g/mol. The molecule has 2 aliphatic rings. The second kappa shape index (κ2) is 7.92. The fraction of sp³-hybridized carbons (Fsp3) is 0.308. The molecule has 1 unspecified atom stereocenters. The third-order valence-electron chi connectivity index (χ3n) is 6.29. The van der Waals surface area contributed by atoms with Gasteiger partial charge in [-0.05, 0) is 66.9 Å². The van der Waals surface area contributed by atoms with E-state index in [0.29, 0.717) is 0 Å². The average Bonchev–Trinajstić information content (AvgIpc) is 3.28. The van der Waals surface area contributed by atoms with Crippen molar-refractivity contribution in [2.75, 3.05) is 38.2 Å². The Morgan fingerprint density at radius 3 is 2.38 bits per heavy atom. The summed E-state index contributed by atoms with van der Waals surface area (Å²) in [5.41, 5.74) is 6.52. The molecule has 2 heterocycles. The van der Waals surface area contributed by atoms with E-state index in [1.54, 1.807) is 0 Å². The summed E-state index contributed by atoms with van der Waals surface area (Å²) in [7, 11) is 2.16. The topological polar surface area (TPSA) is 15.7 Å². The second-order valence-corrected chi connectivity index (χ2v) is 8.08. The number of benzene rings is 3. The highest BCUT2D eigenvalue weighted by atomic mass is 16.5. The van der Waals surface area contributed by atoms with Gasteiger partial charge in [0.25, 0.3) is 0 Å². The van der Waals surface area contributed by atoms with Gasteiger partial charge in [0.05, 0.1) is 0 Å². The van der Waals surface area contributed by atoms with Crippen molar-refractivity contribution in [3.05, 3.63) is 89.5 Å². The van der Waals surface area contributed by atoms with E-state index in [1.807, 2.05) is 0 Å². The Labute approximate surface area is 173 Å². The largest absolute Gasteiger partial charge is 0.492 e. The van der Waals surface area contributed by atoms with E-state index < -0.39 is 0 Å². The lowest BCUT2D eigenvalue weighted by molar-refractivity contribution is 0.237. The zero-order valence-corrected chi connectivity index (χ0v) is 17.1. The predicted octanol–water partition coefficient (Wildman–Crippen LogP) is 5.42. The third kappa shape index (κ3) is 3.51. The van der Waals surface area contributed by atoms with Crippen LogP contribution in [0.2, 0.25) is 0 Å². The van der Waals surface area contributed by atoms with Crippen LogP contribution in [0.4, 0.5) is 11.4 Å². The van der Waals surface area contributed by atoms with E-state index in [-0.39, 0.29) is 5.92 Å². The van der Waals surface area contributed by atoms with Gasteiger partial charge in [0.15, 0.2) is 0 Å². The van der Waals surface area contributed by atoms with Crippen molar-refractivity contribution < 1.29 is 4.74 Å². The molecule has 0 saturated carbocycles. The van der Waals surface area contributed by atoms with Crippen LogP contribution in [0.15, 0.2) is 72.8 Å². The minimum atomic E-state index is 0.223. The van der Waals surface area contributed by atoms with Gasteiger partial charge >= 0.3 is 0 Å². The number of nitrogens with zero attached hydrogens (tertiary/aromatic N) is 2. The first kappa shape index (κ1) is 18.3. The maximum atomic E-state index is 6.18. The Balaban J connectivity index is 1.48. The molecule has 0 aromatic heterocycles. The number of likely N-dealkylation sites (tertiary alicyclic amines) is 1. The van der Waals surface area contributed by atoms with Crippen LogP contribution in [0.3, 0.4) is 0 Å². The van der Waals surface area contributed by atoms with Crippen LogP contribution in [0.1, 0.15) is 35.4 Å². The second-order valence-electron chi connectivity index (χ2n) is 8.08. The lowest BCUT2D eigenvalue weighted by atomic mass is 9.80. The molecule has 29 heavy (non-hydrogen) atoms. The molecule has 2 aliphatic heterocycles. The van der Waals surface area contributed by atoms with E-state index in [9.17, 15) is 0 Å². The fourth-order valence-electron chi connectivity index (χ4n) is 4.80. The maximum absolute atomic E-state index is 6.18. The lowest BCUT2D eigenvalue weighted by Crippen LogP contribution is -2.25. The van der Waals surface area contributed by atoms with Crippen LogP contribution in [0.5, 0.6) is 5.75 Å². The van der Waals surface area contributed by atoms with E-state index in [0.717, 1.165) is 18.9 Å². The van der Waals surface area contributed by atoms with Crippen molar-refractivity contribution in [1.82, 2.24) is 4.90 Å². The molecule has 3 aromatic carbocycles. The summed E-state index contributed by atoms with van der Waals surface area (Å²) < 4.78 is 6.18. The van der Waals surface area contributed by atoms with Crippen molar-refractivity contribution >= 4 is 11.4 Å². The summed E-state index contributed by atoms with van der Waals surface area (Å²) in [6.45, 7) is 4.19. The van der Waals surface area contributed by atoms with Crippen LogP contribution in [0, 0.1) is 0 Å². The van der Waals surface area contributed by atoms with Crippen LogP contribution < -0.4 is 9.64 Å². The Hall–Kier alpha value is -2.78. The molecule has 1 fully saturated rings.